The lowest BCUT2D eigenvalue weighted by Gasteiger charge is -2.30. The van der Waals surface area contributed by atoms with Crippen LogP contribution in [-0.2, 0) is 17.8 Å². The summed E-state index contributed by atoms with van der Waals surface area (Å²) < 4.78 is 4.15. The van der Waals surface area contributed by atoms with E-state index in [0.29, 0.717) is 9.33 Å². The number of hydrogen-bond donors (Lipinski definition) is 1. The standard InChI is InChI=1S/C32H25N3O3S2/c1-39-22-13-10-20(11-14-22)30-25-15-12-19-6-2-3-8-24(19)29(25)33-32-35(30)31(38)27(40-32)16-21-17-34(18-28(36)37)26-9-5-4-7-23(21)26/h2-11,13-14,16-17,30H,12,15,18H2,1H3,(H,36,37)/b27-16-/t30-/m0/s1. The van der Waals surface area contributed by atoms with Crippen molar-refractivity contribution in [1.29, 1.82) is 0 Å². The number of allylic oxidation sites excluding steroid dienone is 1. The first kappa shape index (κ1) is 24.9. The zero-order valence-electron chi connectivity index (χ0n) is 21.7. The lowest BCUT2D eigenvalue weighted by atomic mass is 9.83. The highest BCUT2D eigenvalue weighted by atomic mass is 32.2. The molecule has 7 rings (SSSR count). The zero-order valence-corrected chi connectivity index (χ0v) is 23.3. The van der Waals surface area contributed by atoms with Crippen LogP contribution < -0.4 is 14.9 Å². The number of aliphatic carboxylic acids is 1. The van der Waals surface area contributed by atoms with Crippen molar-refractivity contribution in [3.05, 3.63) is 127 Å². The van der Waals surface area contributed by atoms with Crippen molar-refractivity contribution in [1.82, 2.24) is 9.13 Å². The molecule has 1 aliphatic carbocycles. The second kappa shape index (κ2) is 9.80. The summed E-state index contributed by atoms with van der Waals surface area (Å²) in [5.74, 6) is -0.912. The maximum Gasteiger partial charge on any atom is 0.323 e. The molecule has 0 bridgehead atoms. The fraction of sp³-hybridized carbons (Fsp3) is 0.156. The van der Waals surface area contributed by atoms with Gasteiger partial charge >= 0.3 is 5.97 Å². The molecule has 2 aromatic heterocycles. The molecule has 0 saturated carbocycles. The first-order chi connectivity index (χ1) is 19.5. The molecule has 1 aliphatic heterocycles. The van der Waals surface area contributed by atoms with E-state index in [-0.39, 0.29) is 18.1 Å². The van der Waals surface area contributed by atoms with Gasteiger partial charge in [-0.1, -0.05) is 65.9 Å². The lowest BCUT2D eigenvalue weighted by Crippen LogP contribution is -2.38. The maximum atomic E-state index is 14.1. The number of thiazole rings is 1. The van der Waals surface area contributed by atoms with E-state index in [1.54, 1.807) is 16.3 Å². The van der Waals surface area contributed by atoms with Gasteiger partial charge in [0.2, 0.25) is 0 Å². The van der Waals surface area contributed by atoms with E-state index in [4.69, 9.17) is 4.99 Å². The van der Waals surface area contributed by atoms with Crippen molar-refractivity contribution in [2.45, 2.75) is 30.3 Å². The number of benzene rings is 3. The Bertz CT molecular complexity index is 2030. The molecule has 40 heavy (non-hydrogen) atoms. The van der Waals surface area contributed by atoms with Crippen molar-refractivity contribution in [2.24, 2.45) is 4.99 Å². The normalized spacial score (nSPS) is 16.4. The van der Waals surface area contributed by atoms with Crippen LogP contribution in [0.1, 0.15) is 34.7 Å². The first-order valence-electron chi connectivity index (χ1n) is 13.1. The van der Waals surface area contributed by atoms with Crippen molar-refractivity contribution in [2.75, 3.05) is 6.26 Å². The summed E-state index contributed by atoms with van der Waals surface area (Å²) in [5.41, 5.74) is 7.21. The minimum absolute atomic E-state index is 0.0804. The minimum atomic E-state index is -0.912. The van der Waals surface area contributed by atoms with Crippen LogP contribution in [-0.4, -0.2) is 26.5 Å². The third-order valence-corrected chi connectivity index (χ3v) is 9.44. The molecule has 3 heterocycles. The van der Waals surface area contributed by atoms with Crippen LogP contribution in [0.25, 0.3) is 22.7 Å². The summed E-state index contributed by atoms with van der Waals surface area (Å²) in [4.78, 5) is 32.6. The average molecular weight is 564 g/mol. The fourth-order valence-corrected chi connectivity index (χ4v) is 7.32. The van der Waals surface area contributed by atoms with E-state index in [9.17, 15) is 14.7 Å². The number of carbonyl (C=O) groups is 1. The van der Waals surface area contributed by atoms with Crippen LogP contribution in [0.4, 0.5) is 0 Å². The lowest BCUT2D eigenvalue weighted by molar-refractivity contribution is -0.137. The highest BCUT2D eigenvalue weighted by Crippen LogP contribution is 2.41. The predicted octanol–water partition coefficient (Wildman–Crippen LogP) is 5.08. The molecule has 0 amide bonds. The van der Waals surface area contributed by atoms with Crippen LogP contribution in [0.3, 0.4) is 0 Å². The topological polar surface area (TPSA) is 76.6 Å². The Morgan fingerprint density at radius 1 is 1.07 bits per heavy atom. The Kier molecular flexibility index (Phi) is 6.09. The Morgan fingerprint density at radius 2 is 1.85 bits per heavy atom. The summed E-state index contributed by atoms with van der Waals surface area (Å²) in [6.07, 6.45) is 7.52. The third-order valence-electron chi connectivity index (χ3n) is 7.72. The van der Waals surface area contributed by atoms with Crippen molar-refractivity contribution < 1.29 is 9.90 Å². The largest absolute Gasteiger partial charge is 0.480 e. The van der Waals surface area contributed by atoms with E-state index in [1.807, 2.05) is 41.1 Å². The Hall–Kier alpha value is -4.14. The van der Waals surface area contributed by atoms with Gasteiger partial charge in [-0.05, 0) is 60.1 Å². The number of para-hydroxylation sites is 1. The molecule has 0 saturated heterocycles. The number of aryl methyl sites for hydroxylation is 1. The minimum Gasteiger partial charge on any atom is -0.480 e. The number of carboxylic acids is 1. The molecule has 6 nitrogen and oxygen atoms in total. The van der Waals surface area contributed by atoms with Gasteiger partial charge in [0.15, 0.2) is 4.80 Å². The molecule has 8 heteroatoms. The molecule has 0 fully saturated rings. The van der Waals surface area contributed by atoms with E-state index in [0.717, 1.165) is 46.1 Å². The number of fused-ring (bicyclic) bond motifs is 4. The highest BCUT2D eigenvalue weighted by Gasteiger charge is 2.32. The smallest absolute Gasteiger partial charge is 0.323 e. The second-order valence-corrected chi connectivity index (χ2v) is 11.9. The van der Waals surface area contributed by atoms with Crippen molar-refractivity contribution in [3.8, 4) is 0 Å². The molecule has 0 unspecified atom stereocenters. The molecular formula is C32H25N3O3S2. The van der Waals surface area contributed by atoms with Crippen molar-refractivity contribution in [3.63, 3.8) is 0 Å². The van der Waals surface area contributed by atoms with Crippen LogP contribution in [0.15, 0.2) is 99.2 Å². The average Bonchev–Trinajstić information content (AvgIpc) is 3.48. The molecular weight excluding hydrogens is 539 g/mol. The molecule has 1 atom stereocenters. The summed E-state index contributed by atoms with van der Waals surface area (Å²) >= 11 is 3.09. The fourth-order valence-electron chi connectivity index (χ4n) is 5.92. The molecule has 2 aliphatic rings. The molecule has 198 valence electrons. The van der Waals surface area contributed by atoms with Gasteiger partial charge in [0.25, 0.3) is 5.56 Å². The predicted molar refractivity (Wildman–Crippen MR) is 161 cm³/mol. The summed E-state index contributed by atoms with van der Waals surface area (Å²) in [7, 11) is 0. The summed E-state index contributed by atoms with van der Waals surface area (Å²) in [6.45, 7) is -0.145. The van der Waals surface area contributed by atoms with E-state index < -0.39 is 5.97 Å². The number of carboxylic acid groups (broad SMARTS) is 1. The van der Waals surface area contributed by atoms with Crippen molar-refractivity contribution >= 4 is 51.7 Å². The van der Waals surface area contributed by atoms with Crippen LogP contribution in [0.5, 0.6) is 0 Å². The Balaban J connectivity index is 1.46. The van der Waals surface area contributed by atoms with Gasteiger partial charge in [0.05, 0.1) is 16.3 Å². The number of hydrogen-bond acceptors (Lipinski definition) is 5. The maximum absolute atomic E-state index is 14.1. The Morgan fingerprint density at radius 3 is 2.65 bits per heavy atom. The van der Waals surface area contributed by atoms with Crippen LogP contribution in [0.2, 0.25) is 0 Å². The van der Waals surface area contributed by atoms with Gasteiger partial charge in [-0.3, -0.25) is 14.2 Å². The van der Waals surface area contributed by atoms with Gasteiger partial charge in [-0.2, -0.15) is 0 Å². The molecule has 0 radical (unpaired) electrons. The van der Waals surface area contributed by atoms with Gasteiger partial charge in [-0.15, -0.1) is 11.8 Å². The van der Waals surface area contributed by atoms with Gasteiger partial charge in [0, 0.05) is 33.1 Å². The second-order valence-electron chi connectivity index (χ2n) is 10.0. The number of nitrogens with zero attached hydrogens (tertiary/aromatic N) is 3. The van der Waals surface area contributed by atoms with Gasteiger partial charge in [-0.25, -0.2) is 4.99 Å². The number of aromatic nitrogens is 2. The summed E-state index contributed by atoms with van der Waals surface area (Å²) in [5, 5.41) is 10.3. The molecule has 1 N–H and O–H groups in total. The number of rotatable bonds is 5. The van der Waals surface area contributed by atoms with Gasteiger partial charge < -0.3 is 9.67 Å². The highest BCUT2D eigenvalue weighted by molar-refractivity contribution is 7.98. The number of thioether (sulfide) groups is 1. The Labute approximate surface area is 238 Å². The molecule has 0 spiro atoms. The zero-order chi connectivity index (χ0) is 27.4. The molecule has 5 aromatic rings. The van der Waals surface area contributed by atoms with Gasteiger partial charge in [0.1, 0.15) is 6.54 Å². The quantitative estimate of drug-likeness (QED) is 0.303. The van der Waals surface area contributed by atoms with E-state index in [1.165, 1.54) is 27.4 Å². The third kappa shape index (κ3) is 4.06. The van der Waals surface area contributed by atoms with Crippen LogP contribution in [0, 0.1) is 0 Å². The monoisotopic (exact) mass is 563 g/mol. The SMILES string of the molecule is CSc1ccc([C@H]2C3=C(N=c4s/c(=C\c5cn(CC(=O)O)c6ccccc56)c(=O)n42)c2ccccc2CC3)cc1. The van der Waals surface area contributed by atoms with E-state index in [2.05, 4.69) is 54.8 Å². The van der Waals surface area contributed by atoms with E-state index >= 15 is 0 Å². The van der Waals surface area contributed by atoms with Crippen LogP contribution >= 0.6 is 23.1 Å². The first-order valence-corrected chi connectivity index (χ1v) is 15.1. The molecule has 3 aromatic carbocycles. The summed E-state index contributed by atoms with van der Waals surface area (Å²) in [6, 6.07) is 24.4.